The topological polar surface area (TPSA) is 91.5 Å². The fraction of sp³-hybridized carbons (Fsp3) is 0.333. The summed E-state index contributed by atoms with van der Waals surface area (Å²) in [5.41, 5.74) is 0.945. The van der Waals surface area contributed by atoms with Gasteiger partial charge in [-0.2, -0.15) is 0 Å². The lowest BCUT2D eigenvalue weighted by Gasteiger charge is -2.09. The predicted octanol–water partition coefficient (Wildman–Crippen LogP) is 1.86. The maximum absolute atomic E-state index is 5.64. The smallest absolute Gasteiger partial charge is 0.217 e. The summed E-state index contributed by atoms with van der Waals surface area (Å²) in [5.74, 6) is 0.631. The Morgan fingerprint density at radius 1 is 1.21 bits per heavy atom. The zero-order valence-electron chi connectivity index (χ0n) is 12.8. The number of rotatable bonds is 5. The lowest BCUT2D eigenvalue weighted by molar-refractivity contribution is 0.0911. The van der Waals surface area contributed by atoms with Crippen LogP contribution in [-0.4, -0.2) is 47.9 Å². The van der Waals surface area contributed by atoms with Crippen LogP contribution in [0.4, 0.5) is 0 Å². The quantitative estimate of drug-likeness (QED) is 0.694. The third-order valence-electron chi connectivity index (χ3n) is 3.66. The van der Waals surface area contributed by atoms with E-state index in [0.29, 0.717) is 22.7 Å². The molecule has 0 spiro atoms. The minimum Gasteiger partial charge on any atom is -0.376 e. The van der Waals surface area contributed by atoms with Crippen LogP contribution in [0.3, 0.4) is 0 Å². The Kier molecular flexibility index (Phi) is 4.43. The molecule has 0 saturated carbocycles. The molecule has 2 aromatic heterocycles. The molecule has 0 N–H and O–H groups in total. The highest BCUT2D eigenvalue weighted by atomic mass is 32.2. The number of tetrazole rings is 1. The molecule has 8 nitrogen and oxygen atoms in total. The van der Waals surface area contributed by atoms with E-state index in [9.17, 15) is 0 Å². The van der Waals surface area contributed by atoms with Crippen LogP contribution in [0, 0.1) is 0 Å². The molecule has 4 rings (SSSR count). The summed E-state index contributed by atoms with van der Waals surface area (Å²) < 4.78 is 7.38. The highest BCUT2D eigenvalue weighted by Crippen LogP contribution is 2.24. The summed E-state index contributed by atoms with van der Waals surface area (Å²) >= 11 is 1.32. The number of hydrogen-bond acceptors (Lipinski definition) is 8. The molecule has 1 aliphatic rings. The van der Waals surface area contributed by atoms with Gasteiger partial charge < -0.3 is 4.74 Å². The molecule has 0 radical (unpaired) electrons. The van der Waals surface area contributed by atoms with E-state index >= 15 is 0 Å². The minimum absolute atomic E-state index is 0.172. The Morgan fingerprint density at radius 3 is 2.96 bits per heavy atom. The van der Waals surface area contributed by atoms with Crippen LogP contribution in [0.5, 0.6) is 0 Å². The largest absolute Gasteiger partial charge is 0.376 e. The normalized spacial score (nSPS) is 17.2. The van der Waals surface area contributed by atoms with Gasteiger partial charge in [-0.1, -0.05) is 30.3 Å². The van der Waals surface area contributed by atoms with E-state index in [1.807, 2.05) is 30.3 Å². The zero-order valence-corrected chi connectivity index (χ0v) is 13.6. The van der Waals surface area contributed by atoms with Gasteiger partial charge in [-0.15, -0.1) is 5.10 Å². The van der Waals surface area contributed by atoms with Crippen molar-refractivity contribution in [2.24, 2.45) is 0 Å². The third kappa shape index (κ3) is 3.41. The first kappa shape index (κ1) is 15.2. The molecule has 3 heterocycles. The lowest BCUT2D eigenvalue weighted by Crippen LogP contribution is -2.16. The predicted molar refractivity (Wildman–Crippen MR) is 86.2 cm³/mol. The summed E-state index contributed by atoms with van der Waals surface area (Å²) in [6.07, 6.45) is 3.80. The Morgan fingerprint density at radius 2 is 2.12 bits per heavy atom. The van der Waals surface area contributed by atoms with Gasteiger partial charge in [-0.05, 0) is 35.0 Å². The molecule has 24 heavy (non-hydrogen) atoms. The van der Waals surface area contributed by atoms with Crippen LogP contribution in [0.25, 0.3) is 11.4 Å². The van der Waals surface area contributed by atoms with Gasteiger partial charge in [-0.3, -0.25) is 0 Å². The van der Waals surface area contributed by atoms with Gasteiger partial charge in [-0.25, -0.2) is 19.6 Å². The molecule has 1 fully saturated rings. The van der Waals surface area contributed by atoms with Crippen molar-refractivity contribution in [1.82, 2.24) is 35.2 Å². The highest BCUT2D eigenvalue weighted by molar-refractivity contribution is 7.99. The second-order valence-corrected chi connectivity index (χ2v) is 6.27. The molecule has 9 heteroatoms. The molecule has 0 amide bonds. The van der Waals surface area contributed by atoms with E-state index in [-0.39, 0.29) is 6.10 Å². The van der Waals surface area contributed by atoms with Crippen molar-refractivity contribution >= 4 is 11.8 Å². The van der Waals surface area contributed by atoms with Crippen LogP contribution in [0.15, 0.2) is 47.0 Å². The first-order chi connectivity index (χ1) is 11.9. The summed E-state index contributed by atoms with van der Waals surface area (Å²) in [6, 6.07) is 9.79. The van der Waals surface area contributed by atoms with Gasteiger partial charge >= 0.3 is 0 Å². The maximum Gasteiger partial charge on any atom is 0.217 e. The molecule has 1 saturated heterocycles. The highest BCUT2D eigenvalue weighted by Gasteiger charge is 2.19. The summed E-state index contributed by atoms with van der Waals surface area (Å²) in [5, 5.41) is 13.1. The van der Waals surface area contributed by atoms with Crippen LogP contribution < -0.4 is 0 Å². The van der Waals surface area contributed by atoms with Crippen molar-refractivity contribution in [2.75, 3.05) is 6.61 Å². The molecule has 1 unspecified atom stereocenters. The zero-order chi connectivity index (χ0) is 16.2. The molecule has 0 aliphatic carbocycles. The van der Waals surface area contributed by atoms with Gasteiger partial charge in [0.25, 0.3) is 0 Å². The molecule has 1 aliphatic heterocycles. The van der Waals surface area contributed by atoms with Crippen molar-refractivity contribution < 1.29 is 4.74 Å². The average molecular weight is 341 g/mol. The molecular formula is C15H15N7OS. The van der Waals surface area contributed by atoms with Crippen LogP contribution in [-0.2, 0) is 11.3 Å². The number of nitrogens with zero attached hydrogens (tertiary/aromatic N) is 7. The van der Waals surface area contributed by atoms with Gasteiger partial charge in [0.2, 0.25) is 5.16 Å². The van der Waals surface area contributed by atoms with E-state index in [1.165, 1.54) is 18.1 Å². The van der Waals surface area contributed by atoms with Crippen molar-refractivity contribution in [3.05, 3.63) is 36.7 Å². The molecule has 1 aromatic carbocycles. The van der Waals surface area contributed by atoms with Crippen molar-refractivity contribution in [2.45, 2.75) is 35.8 Å². The fourth-order valence-electron chi connectivity index (χ4n) is 2.50. The summed E-state index contributed by atoms with van der Waals surface area (Å²) in [4.78, 5) is 12.9. The molecule has 122 valence electrons. The first-order valence-corrected chi connectivity index (χ1v) is 8.50. The Bertz CT molecular complexity index is 804. The van der Waals surface area contributed by atoms with Gasteiger partial charge in [0.1, 0.15) is 6.33 Å². The summed E-state index contributed by atoms with van der Waals surface area (Å²) in [6.45, 7) is 1.45. The first-order valence-electron chi connectivity index (χ1n) is 7.68. The second kappa shape index (κ2) is 7.02. The van der Waals surface area contributed by atoms with Crippen LogP contribution in [0.1, 0.15) is 12.8 Å². The Labute approximate surface area is 142 Å². The number of ether oxygens (including phenoxy) is 1. The Balaban J connectivity index is 1.53. The number of benzene rings is 1. The van der Waals surface area contributed by atoms with Crippen LogP contribution in [0.2, 0.25) is 0 Å². The Hall–Kier alpha value is -2.39. The fourth-order valence-corrected chi connectivity index (χ4v) is 3.19. The van der Waals surface area contributed by atoms with Gasteiger partial charge in [0, 0.05) is 12.2 Å². The van der Waals surface area contributed by atoms with Crippen molar-refractivity contribution in [1.29, 1.82) is 0 Å². The van der Waals surface area contributed by atoms with Gasteiger partial charge in [0.15, 0.2) is 11.0 Å². The molecular weight excluding hydrogens is 326 g/mol. The second-order valence-electron chi connectivity index (χ2n) is 5.34. The monoisotopic (exact) mass is 341 g/mol. The van der Waals surface area contributed by atoms with E-state index in [4.69, 9.17) is 4.74 Å². The third-order valence-corrected chi connectivity index (χ3v) is 4.52. The SMILES string of the molecule is c1ccc(-c2ncnc(Sc3nnnn3CC3CCCO3)n2)cc1. The van der Waals surface area contributed by atoms with Crippen LogP contribution >= 0.6 is 11.8 Å². The van der Waals surface area contributed by atoms with E-state index < -0.39 is 0 Å². The standard InChI is InChI=1S/C15H15N7OS/c1-2-5-11(6-3-1)13-16-10-17-14(18-13)24-15-19-20-21-22(15)9-12-7-4-8-23-12/h1-3,5-6,10,12H,4,7-9H2. The average Bonchev–Trinajstić information content (AvgIpc) is 3.29. The van der Waals surface area contributed by atoms with Gasteiger partial charge in [0.05, 0.1) is 12.6 Å². The lowest BCUT2D eigenvalue weighted by atomic mass is 10.2. The number of aromatic nitrogens is 7. The van der Waals surface area contributed by atoms with Crippen molar-refractivity contribution in [3.8, 4) is 11.4 Å². The van der Waals surface area contributed by atoms with E-state index in [1.54, 1.807) is 4.68 Å². The molecule has 3 aromatic rings. The van der Waals surface area contributed by atoms with Crippen molar-refractivity contribution in [3.63, 3.8) is 0 Å². The minimum atomic E-state index is 0.172. The molecule has 0 bridgehead atoms. The van der Waals surface area contributed by atoms with E-state index in [0.717, 1.165) is 25.0 Å². The maximum atomic E-state index is 5.64. The summed E-state index contributed by atoms with van der Waals surface area (Å²) in [7, 11) is 0. The van der Waals surface area contributed by atoms with E-state index in [2.05, 4.69) is 30.5 Å². The molecule has 1 atom stereocenters. The number of hydrogen-bond donors (Lipinski definition) is 0.